The van der Waals surface area contributed by atoms with Gasteiger partial charge in [-0.15, -0.1) is 0 Å². The second-order valence-electron chi connectivity index (χ2n) is 7.21. The third kappa shape index (κ3) is 5.08. The standard InChI is InChI=1S/C17H33NO2/c1-14(2)13-17(5,15(3)4)16(19)20-12-11-18-9-7-6-8-10-18/h14-15H,6-13H2,1-5H3. The molecule has 1 aliphatic heterocycles. The van der Waals surface area contributed by atoms with Crippen LogP contribution in [0.1, 0.15) is 60.3 Å². The van der Waals surface area contributed by atoms with Crippen LogP contribution >= 0.6 is 0 Å². The van der Waals surface area contributed by atoms with E-state index in [-0.39, 0.29) is 11.4 Å². The van der Waals surface area contributed by atoms with Crippen molar-refractivity contribution in [3.05, 3.63) is 0 Å². The van der Waals surface area contributed by atoms with Gasteiger partial charge in [0.2, 0.25) is 0 Å². The van der Waals surface area contributed by atoms with Crippen LogP contribution < -0.4 is 0 Å². The zero-order chi connectivity index (χ0) is 15.2. The largest absolute Gasteiger partial charge is 0.464 e. The predicted octanol–water partition coefficient (Wildman–Crippen LogP) is 3.72. The minimum absolute atomic E-state index is 0.0155. The minimum Gasteiger partial charge on any atom is -0.464 e. The molecule has 0 radical (unpaired) electrons. The summed E-state index contributed by atoms with van der Waals surface area (Å²) in [6.45, 7) is 14.4. The first kappa shape index (κ1) is 17.5. The number of nitrogens with zero attached hydrogens (tertiary/aromatic N) is 1. The summed E-state index contributed by atoms with van der Waals surface area (Å²) in [4.78, 5) is 14.9. The van der Waals surface area contributed by atoms with Gasteiger partial charge in [0.05, 0.1) is 5.41 Å². The van der Waals surface area contributed by atoms with Gasteiger partial charge in [-0.25, -0.2) is 0 Å². The smallest absolute Gasteiger partial charge is 0.312 e. The number of carbonyl (C=O) groups excluding carboxylic acids is 1. The molecule has 0 spiro atoms. The summed E-state index contributed by atoms with van der Waals surface area (Å²) in [6, 6.07) is 0. The second kappa shape index (κ2) is 8.02. The highest BCUT2D eigenvalue weighted by atomic mass is 16.5. The molecule has 0 bridgehead atoms. The van der Waals surface area contributed by atoms with E-state index in [1.165, 1.54) is 19.3 Å². The highest BCUT2D eigenvalue weighted by Gasteiger charge is 2.38. The lowest BCUT2D eigenvalue weighted by Gasteiger charge is -2.33. The predicted molar refractivity (Wildman–Crippen MR) is 83.7 cm³/mol. The number of hydrogen-bond acceptors (Lipinski definition) is 3. The molecule has 118 valence electrons. The SMILES string of the molecule is CC(C)CC(C)(C(=O)OCCN1CCCCC1)C(C)C. The Morgan fingerprint density at radius 3 is 2.25 bits per heavy atom. The van der Waals surface area contributed by atoms with Gasteiger partial charge in [-0.3, -0.25) is 9.69 Å². The molecule has 0 aromatic heterocycles. The molecule has 1 unspecified atom stereocenters. The molecule has 1 rings (SSSR count). The van der Waals surface area contributed by atoms with Gasteiger partial charge in [-0.05, 0) is 51.1 Å². The van der Waals surface area contributed by atoms with Crippen LogP contribution in [0.5, 0.6) is 0 Å². The number of esters is 1. The molecule has 1 fully saturated rings. The third-order valence-corrected chi connectivity index (χ3v) is 4.66. The van der Waals surface area contributed by atoms with E-state index in [0.717, 1.165) is 26.1 Å². The normalized spacial score (nSPS) is 20.1. The van der Waals surface area contributed by atoms with Gasteiger partial charge in [0.15, 0.2) is 0 Å². The number of ether oxygens (including phenoxy) is 1. The molecule has 1 aliphatic rings. The van der Waals surface area contributed by atoms with Crippen LogP contribution in [0.2, 0.25) is 0 Å². The Morgan fingerprint density at radius 2 is 1.75 bits per heavy atom. The van der Waals surface area contributed by atoms with Crippen LogP contribution in [-0.2, 0) is 9.53 Å². The quantitative estimate of drug-likeness (QED) is 0.667. The number of likely N-dealkylation sites (tertiary alicyclic amines) is 1. The molecule has 0 aromatic carbocycles. The van der Waals surface area contributed by atoms with Crippen molar-refractivity contribution in [3.63, 3.8) is 0 Å². The summed E-state index contributed by atoms with van der Waals surface area (Å²) < 4.78 is 5.59. The van der Waals surface area contributed by atoms with Crippen LogP contribution in [0.3, 0.4) is 0 Å². The van der Waals surface area contributed by atoms with Crippen molar-refractivity contribution < 1.29 is 9.53 Å². The molecule has 1 atom stereocenters. The van der Waals surface area contributed by atoms with E-state index in [0.29, 0.717) is 18.4 Å². The monoisotopic (exact) mass is 283 g/mol. The van der Waals surface area contributed by atoms with Crippen molar-refractivity contribution in [1.29, 1.82) is 0 Å². The molecule has 0 N–H and O–H groups in total. The van der Waals surface area contributed by atoms with E-state index in [4.69, 9.17) is 4.74 Å². The van der Waals surface area contributed by atoms with Gasteiger partial charge < -0.3 is 4.74 Å². The number of hydrogen-bond donors (Lipinski definition) is 0. The maximum Gasteiger partial charge on any atom is 0.312 e. The molecule has 3 heteroatoms. The average Bonchev–Trinajstić information content (AvgIpc) is 2.38. The van der Waals surface area contributed by atoms with Gasteiger partial charge in [0.1, 0.15) is 6.61 Å². The molecular formula is C17H33NO2. The van der Waals surface area contributed by atoms with E-state index in [2.05, 4.69) is 39.5 Å². The summed E-state index contributed by atoms with van der Waals surface area (Å²) in [5.74, 6) is 0.808. The number of carbonyl (C=O) groups is 1. The van der Waals surface area contributed by atoms with E-state index in [9.17, 15) is 4.79 Å². The molecule has 20 heavy (non-hydrogen) atoms. The Bertz CT molecular complexity index is 295. The lowest BCUT2D eigenvalue weighted by atomic mass is 9.73. The van der Waals surface area contributed by atoms with Crippen LogP contribution in [0, 0.1) is 17.3 Å². The fourth-order valence-corrected chi connectivity index (χ4v) is 3.02. The van der Waals surface area contributed by atoms with Crippen LogP contribution in [0.15, 0.2) is 0 Å². The molecule has 0 amide bonds. The molecule has 3 nitrogen and oxygen atoms in total. The van der Waals surface area contributed by atoms with E-state index >= 15 is 0 Å². The van der Waals surface area contributed by atoms with Crippen molar-refractivity contribution in [1.82, 2.24) is 4.90 Å². The molecular weight excluding hydrogens is 250 g/mol. The molecule has 0 aromatic rings. The summed E-state index contributed by atoms with van der Waals surface area (Å²) in [6.07, 6.45) is 4.80. The maximum absolute atomic E-state index is 12.4. The maximum atomic E-state index is 12.4. The van der Waals surface area contributed by atoms with E-state index in [1.54, 1.807) is 0 Å². The Kier molecular flexibility index (Phi) is 7.01. The Hall–Kier alpha value is -0.570. The van der Waals surface area contributed by atoms with Gasteiger partial charge in [0.25, 0.3) is 0 Å². The first-order valence-electron chi connectivity index (χ1n) is 8.26. The van der Waals surface area contributed by atoms with Crippen molar-refractivity contribution in [3.8, 4) is 0 Å². The Labute approximate surface area is 125 Å². The molecule has 0 saturated carbocycles. The fraction of sp³-hybridized carbons (Fsp3) is 0.941. The Morgan fingerprint density at radius 1 is 1.15 bits per heavy atom. The first-order chi connectivity index (χ1) is 9.36. The number of rotatable bonds is 7. The lowest BCUT2D eigenvalue weighted by molar-refractivity contribution is -0.159. The van der Waals surface area contributed by atoms with Crippen molar-refractivity contribution >= 4 is 5.97 Å². The second-order valence-corrected chi connectivity index (χ2v) is 7.21. The first-order valence-corrected chi connectivity index (χ1v) is 8.26. The lowest BCUT2D eigenvalue weighted by Crippen LogP contribution is -2.38. The summed E-state index contributed by atoms with van der Waals surface area (Å²) in [5, 5.41) is 0. The van der Waals surface area contributed by atoms with E-state index in [1.807, 2.05) is 0 Å². The highest BCUT2D eigenvalue weighted by Crippen LogP contribution is 2.35. The molecule has 1 heterocycles. The molecule has 1 saturated heterocycles. The van der Waals surface area contributed by atoms with Gasteiger partial charge in [0, 0.05) is 6.54 Å². The van der Waals surface area contributed by atoms with Crippen molar-refractivity contribution in [2.24, 2.45) is 17.3 Å². The summed E-state index contributed by atoms with van der Waals surface area (Å²) in [5.41, 5.74) is -0.351. The minimum atomic E-state index is -0.351. The van der Waals surface area contributed by atoms with E-state index < -0.39 is 0 Å². The average molecular weight is 283 g/mol. The Balaban J connectivity index is 2.41. The van der Waals surface area contributed by atoms with Crippen LogP contribution in [0.4, 0.5) is 0 Å². The van der Waals surface area contributed by atoms with Crippen molar-refractivity contribution in [2.45, 2.75) is 60.3 Å². The topological polar surface area (TPSA) is 29.5 Å². The fourth-order valence-electron chi connectivity index (χ4n) is 3.02. The summed E-state index contributed by atoms with van der Waals surface area (Å²) in [7, 11) is 0. The van der Waals surface area contributed by atoms with Crippen LogP contribution in [-0.4, -0.2) is 37.1 Å². The van der Waals surface area contributed by atoms with Gasteiger partial charge in [-0.2, -0.15) is 0 Å². The third-order valence-electron chi connectivity index (χ3n) is 4.66. The van der Waals surface area contributed by atoms with Crippen LogP contribution in [0.25, 0.3) is 0 Å². The zero-order valence-electron chi connectivity index (χ0n) is 14.1. The zero-order valence-corrected chi connectivity index (χ0v) is 14.1. The van der Waals surface area contributed by atoms with Gasteiger partial charge in [-0.1, -0.05) is 34.1 Å². The summed E-state index contributed by atoms with van der Waals surface area (Å²) >= 11 is 0. The number of piperidine rings is 1. The van der Waals surface area contributed by atoms with Crippen molar-refractivity contribution in [2.75, 3.05) is 26.2 Å². The highest BCUT2D eigenvalue weighted by molar-refractivity contribution is 5.76. The van der Waals surface area contributed by atoms with Gasteiger partial charge >= 0.3 is 5.97 Å². The molecule has 0 aliphatic carbocycles.